The summed E-state index contributed by atoms with van der Waals surface area (Å²) in [6.45, 7) is 7.62. The average molecular weight is 368 g/mol. The van der Waals surface area contributed by atoms with Gasteiger partial charge in [0, 0.05) is 56.2 Å². The molecule has 0 atom stereocenters. The topological polar surface area (TPSA) is 59.3 Å². The Hall–Kier alpha value is -1.99. The van der Waals surface area contributed by atoms with E-state index in [0.717, 1.165) is 50.1 Å². The third kappa shape index (κ3) is 3.71. The molecule has 0 unspecified atom stereocenters. The molecule has 2 aromatic heterocycles. The van der Waals surface area contributed by atoms with Crippen molar-refractivity contribution in [2.75, 3.05) is 24.6 Å². The summed E-state index contributed by atoms with van der Waals surface area (Å²) < 4.78 is 7.75. The molecule has 2 fully saturated rings. The van der Waals surface area contributed by atoms with Gasteiger partial charge in [0.05, 0.1) is 12.3 Å². The van der Waals surface area contributed by atoms with Gasteiger partial charge in [0.1, 0.15) is 24.6 Å². The van der Waals surface area contributed by atoms with E-state index >= 15 is 0 Å². The van der Waals surface area contributed by atoms with Crippen molar-refractivity contribution < 1.29 is 4.74 Å². The van der Waals surface area contributed by atoms with Gasteiger partial charge in [0.25, 0.3) is 0 Å². The van der Waals surface area contributed by atoms with Gasteiger partial charge in [0.15, 0.2) is 0 Å². The van der Waals surface area contributed by atoms with Crippen molar-refractivity contribution in [3.05, 3.63) is 35.8 Å². The maximum absolute atomic E-state index is 5.51. The van der Waals surface area contributed by atoms with Crippen LogP contribution in [-0.2, 0) is 24.4 Å². The fraction of sp³-hybridized carbons (Fsp3) is 0.650. The first kappa shape index (κ1) is 17.1. The number of hydrogen-bond donors (Lipinski definition) is 0. The quantitative estimate of drug-likeness (QED) is 0.806. The Morgan fingerprint density at radius 1 is 1.11 bits per heavy atom. The molecule has 7 nitrogen and oxygen atoms in total. The predicted octanol–water partition coefficient (Wildman–Crippen LogP) is 2.15. The summed E-state index contributed by atoms with van der Waals surface area (Å²) >= 11 is 0. The molecule has 144 valence electrons. The summed E-state index contributed by atoms with van der Waals surface area (Å²) in [5.41, 5.74) is 2.23. The molecule has 2 aromatic rings. The molecule has 2 aliphatic heterocycles. The summed E-state index contributed by atoms with van der Waals surface area (Å²) in [4.78, 5) is 18.7. The predicted molar refractivity (Wildman–Crippen MR) is 102 cm³/mol. The van der Waals surface area contributed by atoms with Crippen LogP contribution in [0.25, 0.3) is 0 Å². The fourth-order valence-electron chi connectivity index (χ4n) is 4.42. The fourth-order valence-corrected chi connectivity index (χ4v) is 4.42. The first-order valence-corrected chi connectivity index (χ1v) is 10.2. The smallest absolute Gasteiger partial charge is 0.135 e. The third-order valence-corrected chi connectivity index (χ3v) is 5.95. The zero-order chi connectivity index (χ0) is 18.2. The van der Waals surface area contributed by atoms with Crippen LogP contribution in [0.2, 0.25) is 0 Å². The first-order chi connectivity index (χ1) is 13.3. The van der Waals surface area contributed by atoms with Gasteiger partial charge in [-0.3, -0.25) is 4.90 Å². The number of rotatable bonds is 5. The van der Waals surface area contributed by atoms with Crippen molar-refractivity contribution in [2.24, 2.45) is 0 Å². The summed E-state index contributed by atoms with van der Waals surface area (Å²) in [7, 11) is 0. The Labute approximate surface area is 160 Å². The number of piperidine rings is 1. The standard InChI is InChI=1S/C20H28N6O/c1-15-10-19(22-14-21-15)26(17-2-3-17)18-4-6-24(7-5-18)11-16-12-25-8-9-27-13-20(25)23-16/h10,12,14,17-18H,2-9,11,13H2,1H3. The second-order valence-corrected chi connectivity index (χ2v) is 8.06. The van der Waals surface area contributed by atoms with Crippen LogP contribution in [0.5, 0.6) is 0 Å². The zero-order valence-electron chi connectivity index (χ0n) is 16.0. The van der Waals surface area contributed by atoms with Crippen LogP contribution in [0.3, 0.4) is 0 Å². The Balaban J connectivity index is 1.22. The average Bonchev–Trinajstić information content (AvgIpc) is 3.42. The molecule has 3 aliphatic rings. The molecule has 1 saturated carbocycles. The van der Waals surface area contributed by atoms with Gasteiger partial charge in [-0.2, -0.15) is 0 Å². The van der Waals surface area contributed by atoms with Crippen LogP contribution < -0.4 is 4.90 Å². The van der Waals surface area contributed by atoms with Gasteiger partial charge in [-0.25, -0.2) is 15.0 Å². The second kappa shape index (κ2) is 7.20. The number of aromatic nitrogens is 4. The lowest BCUT2D eigenvalue weighted by molar-refractivity contribution is 0.0816. The van der Waals surface area contributed by atoms with E-state index in [0.29, 0.717) is 18.7 Å². The van der Waals surface area contributed by atoms with Crippen molar-refractivity contribution >= 4 is 5.82 Å². The minimum absolute atomic E-state index is 0.589. The highest BCUT2D eigenvalue weighted by molar-refractivity contribution is 5.43. The molecule has 4 heterocycles. The van der Waals surface area contributed by atoms with E-state index in [1.807, 2.05) is 6.92 Å². The molecule has 0 bridgehead atoms. The summed E-state index contributed by atoms with van der Waals surface area (Å²) in [5, 5.41) is 0. The van der Waals surface area contributed by atoms with Crippen molar-refractivity contribution in [1.29, 1.82) is 0 Å². The van der Waals surface area contributed by atoms with Gasteiger partial charge >= 0.3 is 0 Å². The molecule has 0 amide bonds. The molecule has 0 N–H and O–H groups in total. The minimum atomic E-state index is 0.589. The molecular formula is C20H28N6O. The normalized spacial score (nSPS) is 21.2. The molecule has 1 saturated heterocycles. The molecular weight excluding hydrogens is 340 g/mol. The second-order valence-electron chi connectivity index (χ2n) is 8.06. The van der Waals surface area contributed by atoms with Crippen LogP contribution in [0.15, 0.2) is 18.6 Å². The van der Waals surface area contributed by atoms with Gasteiger partial charge < -0.3 is 14.2 Å². The molecule has 0 aromatic carbocycles. The number of hydrogen-bond acceptors (Lipinski definition) is 6. The number of nitrogens with zero attached hydrogens (tertiary/aromatic N) is 6. The number of aryl methyl sites for hydroxylation is 1. The van der Waals surface area contributed by atoms with Crippen LogP contribution in [-0.4, -0.2) is 56.2 Å². The van der Waals surface area contributed by atoms with E-state index in [-0.39, 0.29) is 0 Å². The maximum Gasteiger partial charge on any atom is 0.135 e. The molecule has 1 aliphatic carbocycles. The minimum Gasteiger partial charge on any atom is -0.372 e. The molecule has 27 heavy (non-hydrogen) atoms. The van der Waals surface area contributed by atoms with E-state index in [1.54, 1.807) is 6.33 Å². The number of fused-ring (bicyclic) bond motifs is 1. The van der Waals surface area contributed by atoms with Crippen LogP contribution in [0.4, 0.5) is 5.82 Å². The van der Waals surface area contributed by atoms with Gasteiger partial charge in [-0.15, -0.1) is 0 Å². The van der Waals surface area contributed by atoms with Crippen molar-refractivity contribution in [2.45, 2.75) is 64.4 Å². The van der Waals surface area contributed by atoms with Crippen LogP contribution in [0.1, 0.15) is 42.9 Å². The maximum atomic E-state index is 5.51. The SMILES string of the molecule is Cc1cc(N(C2CC2)C2CCN(Cc3cn4c(n3)COCC4)CC2)ncn1. The van der Waals surface area contributed by atoms with Crippen molar-refractivity contribution in [1.82, 2.24) is 24.4 Å². The Morgan fingerprint density at radius 3 is 2.67 bits per heavy atom. The van der Waals surface area contributed by atoms with Crippen LogP contribution in [0, 0.1) is 6.92 Å². The number of anilines is 1. The first-order valence-electron chi connectivity index (χ1n) is 10.2. The number of imidazole rings is 1. The Bertz CT molecular complexity index is 770. The van der Waals surface area contributed by atoms with E-state index < -0.39 is 0 Å². The number of ether oxygens (including phenoxy) is 1. The monoisotopic (exact) mass is 368 g/mol. The van der Waals surface area contributed by atoms with E-state index in [1.165, 1.54) is 31.4 Å². The molecule has 0 radical (unpaired) electrons. The third-order valence-electron chi connectivity index (χ3n) is 5.95. The van der Waals surface area contributed by atoms with Crippen molar-refractivity contribution in [3.63, 3.8) is 0 Å². The lowest BCUT2D eigenvalue weighted by atomic mass is 10.0. The highest BCUT2D eigenvalue weighted by Crippen LogP contribution is 2.35. The van der Waals surface area contributed by atoms with Gasteiger partial charge in [-0.1, -0.05) is 0 Å². The zero-order valence-corrected chi connectivity index (χ0v) is 16.0. The largest absolute Gasteiger partial charge is 0.372 e. The Kier molecular flexibility index (Phi) is 4.57. The van der Waals surface area contributed by atoms with E-state index in [2.05, 4.69) is 36.6 Å². The molecule has 7 heteroatoms. The summed E-state index contributed by atoms with van der Waals surface area (Å²) in [6.07, 6.45) is 8.90. The Morgan fingerprint density at radius 2 is 1.93 bits per heavy atom. The summed E-state index contributed by atoms with van der Waals surface area (Å²) in [6, 6.07) is 3.41. The van der Waals surface area contributed by atoms with Crippen LogP contribution >= 0.6 is 0 Å². The van der Waals surface area contributed by atoms with Crippen molar-refractivity contribution in [3.8, 4) is 0 Å². The highest BCUT2D eigenvalue weighted by atomic mass is 16.5. The molecule has 5 rings (SSSR count). The molecule has 0 spiro atoms. The van der Waals surface area contributed by atoms with E-state index in [9.17, 15) is 0 Å². The van der Waals surface area contributed by atoms with Gasteiger partial charge in [-0.05, 0) is 32.6 Å². The lowest BCUT2D eigenvalue weighted by Gasteiger charge is -2.39. The number of likely N-dealkylation sites (tertiary alicyclic amines) is 1. The summed E-state index contributed by atoms with van der Waals surface area (Å²) in [5.74, 6) is 2.19. The highest BCUT2D eigenvalue weighted by Gasteiger charge is 2.36. The lowest BCUT2D eigenvalue weighted by Crippen LogP contribution is -2.46. The van der Waals surface area contributed by atoms with Gasteiger partial charge in [0.2, 0.25) is 0 Å². The van der Waals surface area contributed by atoms with E-state index in [4.69, 9.17) is 9.72 Å².